The number of hydrogen-bond acceptors (Lipinski definition) is 4. The van der Waals surface area contributed by atoms with Gasteiger partial charge in [0.05, 0.1) is 12.4 Å². The maximum Gasteiger partial charge on any atom is 0.228 e. The van der Waals surface area contributed by atoms with E-state index in [-0.39, 0.29) is 0 Å². The number of benzene rings is 1. The maximum atomic E-state index is 12.8. The third kappa shape index (κ3) is 3.79. The van der Waals surface area contributed by atoms with Crippen LogP contribution in [0.25, 0.3) is 0 Å². The molecule has 0 unspecified atom stereocenters. The first kappa shape index (κ1) is 14.0. The molecule has 0 radical (unpaired) electrons. The molecule has 0 bridgehead atoms. The third-order valence-electron chi connectivity index (χ3n) is 3.10. The SMILES string of the molecule is Fc1cnc(NC2=CC=CC(Cc3ccccc3)=CN2)nc1. The molecular formula is C17H15FN4. The highest BCUT2D eigenvalue weighted by Gasteiger charge is 2.03. The van der Waals surface area contributed by atoms with Gasteiger partial charge in [-0.3, -0.25) is 0 Å². The Kier molecular flexibility index (Phi) is 4.25. The molecule has 0 spiro atoms. The number of allylic oxidation sites excluding steroid dienone is 4. The molecule has 2 N–H and O–H groups in total. The normalized spacial score (nSPS) is 13.7. The molecule has 4 nitrogen and oxygen atoms in total. The fourth-order valence-electron chi connectivity index (χ4n) is 2.05. The van der Waals surface area contributed by atoms with Gasteiger partial charge in [-0.25, -0.2) is 14.4 Å². The van der Waals surface area contributed by atoms with Crippen molar-refractivity contribution in [3.05, 3.63) is 89.9 Å². The van der Waals surface area contributed by atoms with Crippen molar-refractivity contribution in [1.29, 1.82) is 0 Å². The molecule has 0 atom stereocenters. The minimum Gasteiger partial charge on any atom is -0.348 e. The molecule has 2 heterocycles. The lowest BCUT2D eigenvalue weighted by Gasteiger charge is -2.08. The van der Waals surface area contributed by atoms with Crippen molar-refractivity contribution in [1.82, 2.24) is 15.3 Å². The van der Waals surface area contributed by atoms with Gasteiger partial charge in [-0.2, -0.15) is 0 Å². The van der Waals surface area contributed by atoms with Crippen molar-refractivity contribution in [3.63, 3.8) is 0 Å². The summed E-state index contributed by atoms with van der Waals surface area (Å²) in [7, 11) is 0. The van der Waals surface area contributed by atoms with Gasteiger partial charge in [0, 0.05) is 6.20 Å². The van der Waals surface area contributed by atoms with Crippen molar-refractivity contribution < 1.29 is 4.39 Å². The summed E-state index contributed by atoms with van der Waals surface area (Å²) in [5.41, 5.74) is 2.40. The quantitative estimate of drug-likeness (QED) is 0.909. The summed E-state index contributed by atoms with van der Waals surface area (Å²) in [4.78, 5) is 7.73. The average Bonchev–Trinajstić information content (AvgIpc) is 2.76. The molecule has 0 amide bonds. The second-order valence-corrected chi connectivity index (χ2v) is 4.82. The van der Waals surface area contributed by atoms with E-state index in [0.717, 1.165) is 30.2 Å². The van der Waals surface area contributed by atoms with Crippen LogP contribution in [0.5, 0.6) is 0 Å². The van der Waals surface area contributed by atoms with Crippen molar-refractivity contribution in [2.45, 2.75) is 6.42 Å². The van der Waals surface area contributed by atoms with E-state index in [9.17, 15) is 4.39 Å². The van der Waals surface area contributed by atoms with E-state index in [1.807, 2.05) is 42.6 Å². The zero-order chi connectivity index (χ0) is 15.2. The van der Waals surface area contributed by atoms with Crippen LogP contribution in [0, 0.1) is 5.82 Å². The Labute approximate surface area is 128 Å². The third-order valence-corrected chi connectivity index (χ3v) is 3.10. The standard InChI is InChI=1S/C17H15FN4/c18-15-11-20-17(21-12-15)22-16-8-4-7-14(10-19-16)9-13-5-2-1-3-6-13/h1-8,10-12,19H,9H2,(H,20,21,22). The Balaban J connectivity index is 1.64. The van der Waals surface area contributed by atoms with Gasteiger partial charge in [-0.1, -0.05) is 42.5 Å². The first-order valence-electron chi connectivity index (χ1n) is 6.92. The molecule has 22 heavy (non-hydrogen) atoms. The van der Waals surface area contributed by atoms with Crippen LogP contribution in [0.3, 0.4) is 0 Å². The molecule has 0 aliphatic carbocycles. The van der Waals surface area contributed by atoms with Gasteiger partial charge in [0.25, 0.3) is 0 Å². The highest BCUT2D eigenvalue weighted by Crippen LogP contribution is 2.11. The van der Waals surface area contributed by atoms with Crippen LogP contribution in [0.1, 0.15) is 5.56 Å². The van der Waals surface area contributed by atoms with Gasteiger partial charge in [0.2, 0.25) is 5.95 Å². The second-order valence-electron chi connectivity index (χ2n) is 4.82. The Morgan fingerprint density at radius 2 is 1.86 bits per heavy atom. The fourth-order valence-corrected chi connectivity index (χ4v) is 2.05. The van der Waals surface area contributed by atoms with Crippen molar-refractivity contribution in [3.8, 4) is 0 Å². The predicted molar refractivity (Wildman–Crippen MR) is 84.2 cm³/mol. The molecule has 2 aromatic rings. The lowest BCUT2D eigenvalue weighted by Crippen LogP contribution is -2.15. The van der Waals surface area contributed by atoms with Gasteiger partial charge < -0.3 is 10.6 Å². The second kappa shape index (κ2) is 6.67. The number of nitrogens with one attached hydrogen (secondary N) is 2. The number of halogens is 1. The van der Waals surface area contributed by atoms with E-state index < -0.39 is 5.82 Å². The van der Waals surface area contributed by atoms with E-state index in [4.69, 9.17) is 0 Å². The minimum atomic E-state index is -0.460. The largest absolute Gasteiger partial charge is 0.348 e. The van der Waals surface area contributed by atoms with Crippen LogP contribution in [0.15, 0.2) is 78.5 Å². The molecule has 0 fully saturated rings. The molecule has 1 aliphatic rings. The van der Waals surface area contributed by atoms with E-state index in [2.05, 4.69) is 32.7 Å². The maximum absolute atomic E-state index is 12.8. The van der Waals surface area contributed by atoms with Crippen LogP contribution in [0.4, 0.5) is 10.3 Å². The van der Waals surface area contributed by atoms with Crippen LogP contribution >= 0.6 is 0 Å². The van der Waals surface area contributed by atoms with Gasteiger partial charge in [-0.05, 0) is 23.6 Å². The fraction of sp³-hybridized carbons (Fsp3) is 0.0588. The monoisotopic (exact) mass is 294 g/mol. The molecule has 1 aromatic carbocycles. The van der Waals surface area contributed by atoms with Gasteiger partial charge in [0.15, 0.2) is 5.82 Å². The highest BCUT2D eigenvalue weighted by molar-refractivity contribution is 5.39. The van der Waals surface area contributed by atoms with E-state index >= 15 is 0 Å². The van der Waals surface area contributed by atoms with E-state index in [1.165, 1.54) is 5.56 Å². The van der Waals surface area contributed by atoms with E-state index in [0.29, 0.717) is 5.95 Å². The van der Waals surface area contributed by atoms with Crippen molar-refractivity contribution in [2.24, 2.45) is 0 Å². The average molecular weight is 294 g/mol. The number of anilines is 1. The lowest BCUT2D eigenvalue weighted by molar-refractivity contribution is 0.614. The van der Waals surface area contributed by atoms with Crippen LogP contribution < -0.4 is 10.6 Å². The zero-order valence-corrected chi connectivity index (χ0v) is 11.8. The van der Waals surface area contributed by atoms with Crippen LogP contribution in [0.2, 0.25) is 0 Å². The highest BCUT2D eigenvalue weighted by atomic mass is 19.1. The first-order chi connectivity index (χ1) is 10.8. The van der Waals surface area contributed by atoms with Gasteiger partial charge in [-0.15, -0.1) is 0 Å². The molecule has 0 saturated heterocycles. The minimum absolute atomic E-state index is 0.341. The van der Waals surface area contributed by atoms with Gasteiger partial charge >= 0.3 is 0 Å². The van der Waals surface area contributed by atoms with Crippen LogP contribution in [-0.4, -0.2) is 9.97 Å². The summed E-state index contributed by atoms with van der Waals surface area (Å²) in [5.74, 6) is 0.609. The molecule has 0 saturated carbocycles. The van der Waals surface area contributed by atoms with E-state index in [1.54, 1.807) is 0 Å². The summed E-state index contributed by atoms with van der Waals surface area (Å²) in [6, 6.07) is 10.3. The smallest absolute Gasteiger partial charge is 0.228 e. The molecule has 5 heteroatoms. The zero-order valence-electron chi connectivity index (χ0n) is 11.8. The summed E-state index contributed by atoms with van der Waals surface area (Å²) in [5, 5.41) is 6.16. The summed E-state index contributed by atoms with van der Waals surface area (Å²) < 4.78 is 12.8. The molecule has 1 aromatic heterocycles. The van der Waals surface area contributed by atoms with Gasteiger partial charge in [0.1, 0.15) is 5.82 Å². The molecule has 110 valence electrons. The van der Waals surface area contributed by atoms with Crippen molar-refractivity contribution in [2.75, 3.05) is 5.32 Å². The predicted octanol–water partition coefficient (Wildman–Crippen LogP) is 3.16. The van der Waals surface area contributed by atoms with Crippen molar-refractivity contribution >= 4 is 5.95 Å². The summed E-state index contributed by atoms with van der Waals surface area (Å²) in [6.45, 7) is 0. The first-order valence-corrected chi connectivity index (χ1v) is 6.92. The Bertz CT molecular complexity index is 718. The Morgan fingerprint density at radius 1 is 1.09 bits per heavy atom. The molecule has 1 aliphatic heterocycles. The Hall–Kier alpha value is -2.95. The molecule has 3 rings (SSSR count). The topological polar surface area (TPSA) is 49.8 Å². The number of hydrogen-bond donors (Lipinski definition) is 2. The van der Waals surface area contributed by atoms with Crippen LogP contribution in [-0.2, 0) is 6.42 Å². The molecular weight excluding hydrogens is 279 g/mol. The number of aromatic nitrogens is 2. The number of nitrogens with zero attached hydrogens (tertiary/aromatic N) is 2. The Morgan fingerprint density at radius 3 is 2.64 bits per heavy atom. The number of rotatable bonds is 4. The lowest BCUT2D eigenvalue weighted by atomic mass is 10.1. The summed E-state index contributed by atoms with van der Waals surface area (Å²) >= 11 is 0. The summed E-state index contributed by atoms with van der Waals surface area (Å²) in [6.07, 6.45) is 10.9.